The van der Waals surface area contributed by atoms with Crippen LogP contribution in [0.5, 0.6) is 0 Å². The molecule has 1 saturated carbocycles. The Kier molecular flexibility index (Phi) is 4.72. The van der Waals surface area contributed by atoms with E-state index >= 15 is 0 Å². The van der Waals surface area contributed by atoms with Crippen molar-refractivity contribution in [3.05, 3.63) is 22.4 Å². The summed E-state index contributed by atoms with van der Waals surface area (Å²) in [7, 11) is 0. The van der Waals surface area contributed by atoms with Crippen molar-refractivity contribution in [2.45, 2.75) is 58.0 Å². The highest BCUT2D eigenvalue weighted by molar-refractivity contribution is 7.09. The van der Waals surface area contributed by atoms with Crippen LogP contribution >= 0.6 is 11.3 Å². The van der Waals surface area contributed by atoms with E-state index in [1.807, 2.05) is 11.3 Å². The van der Waals surface area contributed by atoms with Crippen molar-refractivity contribution in [2.75, 3.05) is 19.6 Å². The molecule has 1 aliphatic carbocycles. The molecular formula is C18H30N2S. The third-order valence-corrected chi connectivity index (χ3v) is 6.66. The Labute approximate surface area is 133 Å². The topological polar surface area (TPSA) is 15.3 Å². The average Bonchev–Trinajstić information content (AvgIpc) is 3.23. The molecule has 3 atom stereocenters. The first-order valence-electron chi connectivity index (χ1n) is 8.64. The van der Waals surface area contributed by atoms with E-state index in [2.05, 4.69) is 48.5 Å². The van der Waals surface area contributed by atoms with Crippen molar-refractivity contribution in [3.63, 3.8) is 0 Å². The number of hydrogen-bond donors (Lipinski definition) is 1. The standard InChI is InChI=1S/C18H30N2S/c1-4-14(2)17-12-19-18(3,15-7-8-15)13-20(17)10-9-16-6-5-11-21-16/h5-6,11,14-15,17,19H,4,7-10,12-13H2,1-3H3. The quantitative estimate of drug-likeness (QED) is 0.860. The normalized spacial score (nSPS) is 32.2. The summed E-state index contributed by atoms with van der Waals surface area (Å²) in [6.07, 6.45) is 5.35. The number of rotatable bonds is 6. The molecule has 1 N–H and O–H groups in total. The first kappa shape index (κ1) is 15.5. The van der Waals surface area contributed by atoms with Crippen molar-refractivity contribution < 1.29 is 0 Å². The van der Waals surface area contributed by atoms with Crippen LogP contribution in [0.15, 0.2) is 17.5 Å². The molecule has 1 aromatic heterocycles. The third-order valence-electron chi connectivity index (χ3n) is 5.72. The zero-order valence-corrected chi connectivity index (χ0v) is 14.6. The summed E-state index contributed by atoms with van der Waals surface area (Å²) in [4.78, 5) is 4.33. The van der Waals surface area contributed by atoms with E-state index in [-0.39, 0.29) is 0 Å². The molecule has 0 amide bonds. The van der Waals surface area contributed by atoms with E-state index < -0.39 is 0 Å². The van der Waals surface area contributed by atoms with Crippen molar-refractivity contribution in [1.82, 2.24) is 10.2 Å². The first-order valence-corrected chi connectivity index (χ1v) is 9.52. The molecule has 0 aromatic carbocycles. The number of hydrogen-bond acceptors (Lipinski definition) is 3. The van der Waals surface area contributed by atoms with Gasteiger partial charge in [-0.3, -0.25) is 4.90 Å². The molecule has 2 aliphatic rings. The van der Waals surface area contributed by atoms with Crippen LogP contribution in [0.4, 0.5) is 0 Å². The van der Waals surface area contributed by atoms with Gasteiger partial charge < -0.3 is 5.32 Å². The molecule has 1 aliphatic heterocycles. The Morgan fingerprint density at radius 3 is 2.90 bits per heavy atom. The molecule has 1 aromatic rings. The highest BCUT2D eigenvalue weighted by atomic mass is 32.1. The van der Waals surface area contributed by atoms with Gasteiger partial charge in [-0.1, -0.05) is 26.3 Å². The Morgan fingerprint density at radius 1 is 1.48 bits per heavy atom. The van der Waals surface area contributed by atoms with Gasteiger partial charge in [0.05, 0.1) is 0 Å². The molecule has 2 heterocycles. The molecule has 118 valence electrons. The average molecular weight is 307 g/mol. The summed E-state index contributed by atoms with van der Waals surface area (Å²) in [5.41, 5.74) is 0.361. The largest absolute Gasteiger partial charge is 0.308 e. The van der Waals surface area contributed by atoms with Crippen LogP contribution in [-0.4, -0.2) is 36.1 Å². The van der Waals surface area contributed by atoms with Crippen molar-refractivity contribution in [3.8, 4) is 0 Å². The Morgan fingerprint density at radius 2 is 2.29 bits per heavy atom. The summed E-state index contributed by atoms with van der Waals surface area (Å²) in [5.74, 6) is 1.70. The summed E-state index contributed by atoms with van der Waals surface area (Å²) < 4.78 is 0. The minimum Gasteiger partial charge on any atom is -0.308 e. The second-order valence-electron chi connectivity index (χ2n) is 7.33. The highest BCUT2D eigenvalue weighted by Gasteiger charge is 2.46. The molecule has 1 saturated heterocycles. The maximum absolute atomic E-state index is 3.91. The van der Waals surface area contributed by atoms with E-state index in [0.717, 1.165) is 11.8 Å². The van der Waals surface area contributed by atoms with Crippen LogP contribution in [0.3, 0.4) is 0 Å². The SMILES string of the molecule is CCC(C)C1CNC(C)(C2CC2)CN1CCc1cccs1. The lowest BCUT2D eigenvalue weighted by molar-refractivity contribution is 0.0486. The molecule has 0 radical (unpaired) electrons. The number of piperazine rings is 1. The molecule has 2 nitrogen and oxygen atoms in total. The van der Waals surface area contributed by atoms with E-state index in [0.29, 0.717) is 11.6 Å². The fraction of sp³-hybridized carbons (Fsp3) is 0.778. The number of nitrogens with one attached hydrogen (secondary N) is 1. The zero-order valence-electron chi connectivity index (χ0n) is 13.8. The molecule has 3 rings (SSSR count). The van der Waals surface area contributed by atoms with Crippen LogP contribution in [-0.2, 0) is 6.42 Å². The predicted molar refractivity (Wildman–Crippen MR) is 92.0 cm³/mol. The van der Waals surface area contributed by atoms with Gasteiger partial charge in [-0.25, -0.2) is 0 Å². The second kappa shape index (κ2) is 6.39. The van der Waals surface area contributed by atoms with E-state index in [9.17, 15) is 0 Å². The molecule has 0 bridgehead atoms. The van der Waals surface area contributed by atoms with Gasteiger partial charge in [0.15, 0.2) is 0 Å². The lowest BCUT2D eigenvalue weighted by atomic mass is 9.86. The van der Waals surface area contributed by atoms with Crippen LogP contribution in [0.25, 0.3) is 0 Å². The molecule has 3 heteroatoms. The van der Waals surface area contributed by atoms with Gasteiger partial charge in [0.1, 0.15) is 0 Å². The molecule has 3 unspecified atom stereocenters. The minimum absolute atomic E-state index is 0.361. The maximum atomic E-state index is 3.91. The fourth-order valence-corrected chi connectivity index (χ4v) is 4.54. The van der Waals surface area contributed by atoms with Gasteiger partial charge in [0.25, 0.3) is 0 Å². The smallest absolute Gasteiger partial charge is 0.0309 e. The monoisotopic (exact) mass is 306 g/mol. The lowest BCUT2D eigenvalue weighted by Crippen LogP contribution is -2.65. The van der Waals surface area contributed by atoms with E-state index in [1.54, 1.807) is 0 Å². The number of thiophene rings is 1. The van der Waals surface area contributed by atoms with E-state index in [1.165, 1.54) is 50.2 Å². The van der Waals surface area contributed by atoms with Gasteiger partial charge in [-0.2, -0.15) is 0 Å². The molecule has 21 heavy (non-hydrogen) atoms. The summed E-state index contributed by atoms with van der Waals surface area (Å²) in [5, 5.41) is 6.11. The van der Waals surface area contributed by atoms with Crippen molar-refractivity contribution in [2.24, 2.45) is 11.8 Å². The van der Waals surface area contributed by atoms with Crippen molar-refractivity contribution in [1.29, 1.82) is 0 Å². The first-order chi connectivity index (χ1) is 10.1. The van der Waals surface area contributed by atoms with Gasteiger partial charge in [-0.15, -0.1) is 11.3 Å². The summed E-state index contributed by atoms with van der Waals surface area (Å²) >= 11 is 1.90. The molecular weight excluding hydrogens is 276 g/mol. The van der Waals surface area contributed by atoms with Crippen LogP contribution in [0.2, 0.25) is 0 Å². The summed E-state index contributed by atoms with van der Waals surface area (Å²) in [6.45, 7) is 10.8. The van der Waals surface area contributed by atoms with Crippen LogP contribution in [0.1, 0.15) is 44.9 Å². The van der Waals surface area contributed by atoms with Gasteiger partial charge >= 0.3 is 0 Å². The number of nitrogens with zero attached hydrogens (tertiary/aromatic N) is 1. The van der Waals surface area contributed by atoms with Crippen LogP contribution < -0.4 is 5.32 Å². The van der Waals surface area contributed by atoms with E-state index in [4.69, 9.17) is 0 Å². The maximum Gasteiger partial charge on any atom is 0.0309 e. The van der Waals surface area contributed by atoms with Gasteiger partial charge in [-0.05, 0) is 49.5 Å². The zero-order chi connectivity index (χ0) is 14.9. The highest BCUT2D eigenvalue weighted by Crippen LogP contribution is 2.42. The third kappa shape index (κ3) is 3.52. The predicted octanol–water partition coefficient (Wildman–Crippen LogP) is 3.78. The molecule has 2 fully saturated rings. The fourth-order valence-electron chi connectivity index (χ4n) is 3.84. The Bertz CT molecular complexity index is 440. The Hall–Kier alpha value is -0.380. The lowest BCUT2D eigenvalue weighted by Gasteiger charge is -2.48. The minimum atomic E-state index is 0.361. The van der Waals surface area contributed by atoms with Gasteiger partial charge in [0, 0.05) is 36.1 Å². The van der Waals surface area contributed by atoms with Gasteiger partial charge in [0.2, 0.25) is 0 Å². The Balaban J connectivity index is 1.66. The molecule has 0 spiro atoms. The second-order valence-corrected chi connectivity index (χ2v) is 8.36. The summed E-state index contributed by atoms with van der Waals surface area (Å²) in [6, 6.07) is 5.17. The van der Waals surface area contributed by atoms with Crippen molar-refractivity contribution >= 4 is 11.3 Å². The van der Waals surface area contributed by atoms with Crippen LogP contribution in [0, 0.1) is 11.8 Å².